The minimum atomic E-state index is -1.15. The van der Waals surface area contributed by atoms with E-state index in [1.165, 1.54) is 7.11 Å². The largest absolute Gasteiger partial charge is 0.478 e. The third-order valence-electron chi connectivity index (χ3n) is 1.90. The van der Waals surface area contributed by atoms with Crippen LogP contribution in [-0.4, -0.2) is 25.0 Å². The molecule has 5 nitrogen and oxygen atoms in total. The number of ether oxygens (including phenoxy) is 2. The lowest BCUT2D eigenvalue weighted by Gasteiger charge is -2.05. The molecule has 1 N–H and O–H groups in total. The lowest BCUT2D eigenvalue weighted by molar-refractivity contribution is -0.131. The quantitative estimate of drug-likeness (QED) is 0.475. The smallest absolute Gasteiger partial charge is 0.329 e. The normalized spacial score (nSPS) is 10.7. The Balaban J connectivity index is 2.86. The second kappa shape index (κ2) is 6.30. The van der Waals surface area contributed by atoms with E-state index >= 15 is 0 Å². The van der Waals surface area contributed by atoms with Crippen molar-refractivity contribution in [2.24, 2.45) is 0 Å². The van der Waals surface area contributed by atoms with Crippen LogP contribution in [0.5, 0.6) is 5.75 Å². The molecule has 0 aliphatic carbocycles. The Morgan fingerprint density at radius 3 is 2.59 bits per heavy atom. The summed E-state index contributed by atoms with van der Waals surface area (Å²) in [5.41, 5.74) is 0.621. The zero-order valence-corrected chi connectivity index (χ0v) is 9.21. The van der Waals surface area contributed by atoms with Gasteiger partial charge in [-0.1, -0.05) is 0 Å². The van der Waals surface area contributed by atoms with E-state index in [1.807, 2.05) is 6.07 Å². The summed E-state index contributed by atoms with van der Waals surface area (Å²) < 4.78 is 9.90. The van der Waals surface area contributed by atoms with Gasteiger partial charge in [-0.3, -0.25) is 0 Å². The fourth-order valence-electron chi connectivity index (χ4n) is 1.16. The summed E-state index contributed by atoms with van der Waals surface area (Å²) in [6.45, 7) is 0.134. The monoisotopic (exact) mass is 233 g/mol. The first-order valence-electron chi connectivity index (χ1n) is 4.74. The van der Waals surface area contributed by atoms with Gasteiger partial charge in [0.1, 0.15) is 11.8 Å². The van der Waals surface area contributed by atoms with Crippen molar-refractivity contribution in [2.45, 2.75) is 0 Å². The molecule has 0 spiro atoms. The molecule has 0 amide bonds. The number of nitriles is 1. The van der Waals surface area contributed by atoms with E-state index in [-0.39, 0.29) is 12.4 Å². The summed E-state index contributed by atoms with van der Waals surface area (Å²) in [6.07, 6.45) is 0.866. The van der Waals surface area contributed by atoms with Crippen LogP contribution in [0.3, 0.4) is 0 Å². The highest BCUT2D eigenvalue weighted by Gasteiger charge is 2.03. The zero-order chi connectivity index (χ0) is 12.7. The molecule has 17 heavy (non-hydrogen) atoms. The van der Waals surface area contributed by atoms with E-state index in [0.717, 1.165) is 6.08 Å². The minimum Gasteiger partial charge on any atom is -0.478 e. The number of aliphatic carboxylic acids is 1. The summed E-state index contributed by atoms with van der Waals surface area (Å²) in [4.78, 5) is 10.5. The van der Waals surface area contributed by atoms with Gasteiger partial charge >= 0.3 is 5.97 Å². The average molecular weight is 233 g/mol. The lowest BCUT2D eigenvalue weighted by Crippen LogP contribution is -1.98. The van der Waals surface area contributed by atoms with E-state index in [1.54, 1.807) is 24.3 Å². The fourth-order valence-corrected chi connectivity index (χ4v) is 1.16. The maximum Gasteiger partial charge on any atom is 0.329 e. The number of nitrogens with zero attached hydrogens (tertiary/aromatic N) is 1. The Morgan fingerprint density at radius 1 is 1.47 bits per heavy atom. The molecule has 0 aliphatic heterocycles. The third kappa shape index (κ3) is 3.97. The molecule has 0 unspecified atom stereocenters. The topological polar surface area (TPSA) is 79.5 Å². The summed E-state index contributed by atoms with van der Waals surface area (Å²) >= 11 is 0. The number of carbonyl (C=O) groups is 1. The van der Waals surface area contributed by atoms with Crippen LogP contribution >= 0.6 is 0 Å². The second-order valence-corrected chi connectivity index (χ2v) is 3.08. The number of hydrogen-bond donors (Lipinski definition) is 1. The molecular weight excluding hydrogens is 222 g/mol. The minimum absolute atomic E-state index is 0.0933. The van der Waals surface area contributed by atoms with Crippen molar-refractivity contribution in [1.29, 1.82) is 5.26 Å². The van der Waals surface area contributed by atoms with E-state index in [9.17, 15) is 4.79 Å². The fraction of sp³-hybridized carbons (Fsp3) is 0.167. The van der Waals surface area contributed by atoms with E-state index in [2.05, 4.69) is 0 Å². The van der Waals surface area contributed by atoms with Gasteiger partial charge < -0.3 is 14.6 Å². The molecule has 0 radical (unpaired) electrons. The van der Waals surface area contributed by atoms with Gasteiger partial charge in [-0.05, 0) is 29.8 Å². The Kier molecular flexibility index (Phi) is 4.73. The predicted molar refractivity (Wildman–Crippen MR) is 60.2 cm³/mol. The summed E-state index contributed by atoms with van der Waals surface area (Å²) in [7, 11) is 1.51. The Bertz CT molecular complexity index is 456. The van der Waals surface area contributed by atoms with Gasteiger partial charge in [0, 0.05) is 13.2 Å². The molecule has 0 atom stereocenters. The SMILES string of the molecule is COCOc1ccc(/C(C#N)=C/C(=O)O)cc1. The van der Waals surface area contributed by atoms with E-state index in [0.29, 0.717) is 11.3 Å². The molecule has 0 fully saturated rings. The molecule has 0 saturated heterocycles. The predicted octanol–water partition coefficient (Wildman–Crippen LogP) is 1.66. The molecular formula is C12H11NO4. The van der Waals surface area contributed by atoms with Gasteiger partial charge in [0.15, 0.2) is 6.79 Å². The van der Waals surface area contributed by atoms with Crippen molar-refractivity contribution in [1.82, 2.24) is 0 Å². The number of benzene rings is 1. The Morgan fingerprint density at radius 2 is 2.12 bits per heavy atom. The van der Waals surface area contributed by atoms with Gasteiger partial charge in [0.2, 0.25) is 0 Å². The molecule has 0 aliphatic rings. The Labute approximate surface area is 98.5 Å². The number of hydrogen-bond acceptors (Lipinski definition) is 4. The molecule has 1 rings (SSSR count). The maximum absolute atomic E-state index is 10.5. The first-order chi connectivity index (χ1) is 8.17. The molecule has 5 heteroatoms. The number of carboxylic acid groups (broad SMARTS) is 1. The van der Waals surface area contributed by atoms with Crippen molar-refractivity contribution in [2.75, 3.05) is 13.9 Å². The average Bonchev–Trinajstić information content (AvgIpc) is 2.34. The number of methoxy groups -OCH3 is 1. The van der Waals surface area contributed by atoms with Gasteiger partial charge in [-0.25, -0.2) is 4.79 Å². The van der Waals surface area contributed by atoms with Crippen molar-refractivity contribution in [3.8, 4) is 11.8 Å². The molecule has 1 aromatic carbocycles. The highest BCUT2D eigenvalue weighted by Crippen LogP contribution is 2.18. The van der Waals surface area contributed by atoms with Crippen LogP contribution in [-0.2, 0) is 9.53 Å². The first kappa shape index (κ1) is 12.7. The van der Waals surface area contributed by atoms with Crippen LogP contribution in [0.2, 0.25) is 0 Å². The molecule has 1 aromatic rings. The van der Waals surface area contributed by atoms with Gasteiger partial charge in [0.25, 0.3) is 0 Å². The first-order valence-corrected chi connectivity index (χ1v) is 4.74. The van der Waals surface area contributed by atoms with E-state index < -0.39 is 5.97 Å². The molecule has 0 heterocycles. The summed E-state index contributed by atoms with van der Waals surface area (Å²) in [5, 5.41) is 17.4. The number of allylic oxidation sites excluding steroid dienone is 1. The summed E-state index contributed by atoms with van der Waals surface area (Å²) in [6, 6.07) is 8.34. The number of carboxylic acids is 1. The van der Waals surface area contributed by atoms with E-state index in [4.69, 9.17) is 19.8 Å². The van der Waals surface area contributed by atoms with Gasteiger partial charge in [-0.2, -0.15) is 5.26 Å². The van der Waals surface area contributed by atoms with Gasteiger partial charge in [0.05, 0.1) is 5.57 Å². The van der Waals surface area contributed by atoms with Crippen LogP contribution < -0.4 is 4.74 Å². The third-order valence-corrected chi connectivity index (χ3v) is 1.90. The standard InChI is InChI=1S/C12H11NO4/c1-16-8-17-11-4-2-9(3-5-11)10(7-13)6-12(14)15/h2-6H,8H2,1H3,(H,14,15)/b10-6+. The summed E-state index contributed by atoms with van der Waals surface area (Å²) in [5.74, 6) is -0.565. The molecule has 0 saturated carbocycles. The highest BCUT2D eigenvalue weighted by atomic mass is 16.7. The van der Waals surface area contributed by atoms with Crippen molar-refractivity contribution in [3.05, 3.63) is 35.9 Å². The van der Waals surface area contributed by atoms with Gasteiger partial charge in [-0.15, -0.1) is 0 Å². The zero-order valence-electron chi connectivity index (χ0n) is 9.21. The van der Waals surface area contributed by atoms with Crippen LogP contribution in [0, 0.1) is 11.3 Å². The molecule has 88 valence electrons. The lowest BCUT2D eigenvalue weighted by atomic mass is 10.1. The molecule has 0 bridgehead atoms. The molecule has 0 aromatic heterocycles. The van der Waals surface area contributed by atoms with Crippen molar-refractivity contribution >= 4 is 11.5 Å². The van der Waals surface area contributed by atoms with Crippen molar-refractivity contribution < 1.29 is 19.4 Å². The van der Waals surface area contributed by atoms with Crippen LogP contribution in [0.15, 0.2) is 30.3 Å². The van der Waals surface area contributed by atoms with Crippen molar-refractivity contribution in [3.63, 3.8) is 0 Å². The van der Waals surface area contributed by atoms with Crippen LogP contribution in [0.25, 0.3) is 5.57 Å². The highest BCUT2D eigenvalue weighted by molar-refractivity contribution is 5.94. The Hall–Kier alpha value is -2.32. The number of rotatable bonds is 5. The van der Waals surface area contributed by atoms with Crippen LogP contribution in [0.4, 0.5) is 0 Å². The van der Waals surface area contributed by atoms with Crippen LogP contribution in [0.1, 0.15) is 5.56 Å². The second-order valence-electron chi connectivity index (χ2n) is 3.08. The maximum atomic E-state index is 10.5.